The molecule has 2 aliphatic heterocycles. The highest BCUT2D eigenvalue weighted by Crippen LogP contribution is 2.40. The molecule has 0 saturated carbocycles. The highest BCUT2D eigenvalue weighted by molar-refractivity contribution is 8.00. The Hall–Kier alpha value is -3.52. The number of nitrogens with one attached hydrogen (secondary N) is 1. The largest absolute Gasteiger partial charge is 0.477 e. The monoisotopic (exact) mass is 504 g/mol. The number of anilines is 1. The maximum Gasteiger partial charge on any atom is 0.352 e. The Bertz CT molecular complexity index is 1170. The van der Waals surface area contributed by atoms with Crippen LogP contribution in [0.1, 0.15) is 19.2 Å². The fourth-order valence-electron chi connectivity index (χ4n) is 3.49. The average molecular weight is 505 g/mol. The number of carbonyl (C=O) groups excluding carboxylic acids is 2. The highest BCUT2D eigenvalue weighted by atomic mass is 32.2. The van der Waals surface area contributed by atoms with Gasteiger partial charge in [-0.05, 0) is 6.42 Å². The van der Waals surface area contributed by atoms with E-state index in [0.29, 0.717) is 24.3 Å². The normalized spacial score (nSPS) is 20.0. The van der Waals surface area contributed by atoms with Crippen molar-refractivity contribution in [3.05, 3.63) is 47.7 Å². The van der Waals surface area contributed by atoms with Crippen LogP contribution >= 0.6 is 23.3 Å². The molecule has 1 unspecified atom stereocenters. The third kappa shape index (κ3) is 4.72. The molecular formula is C20H22N7O5S2+. The molecule has 4 heterocycles. The predicted molar refractivity (Wildman–Crippen MR) is 123 cm³/mol. The van der Waals surface area contributed by atoms with Crippen LogP contribution in [0.15, 0.2) is 47.0 Å². The Kier molecular flexibility index (Phi) is 7.07. The first-order chi connectivity index (χ1) is 16.4. The minimum absolute atomic E-state index is 0.00989. The van der Waals surface area contributed by atoms with Gasteiger partial charge in [0.05, 0.1) is 0 Å². The van der Waals surface area contributed by atoms with Crippen molar-refractivity contribution in [1.29, 1.82) is 0 Å². The smallest absolute Gasteiger partial charge is 0.352 e. The van der Waals surface area contributed by atoms with Gasteiger partial charge in [-0.1, -0.05) is 18.1 Å². The summed E-state index contributed by atoms with van der Waals surface area (Å²) in [6, 6.07) is 4.62. The number of pyridine rings is 1. The van der Waals surface area contributed by atoms with Gasteiger partial charge in [0.2, 0.25) is 11.5 Å². The van der Waals surface area contributed by atoms with Gasteiger partial charge in [0.1, 0.15) is 23.7 Å². The van der Waals surface area contributed by atoms with E-state index in [1.54, 1.807) is 0 Å². The van der Waals surface area contributed by atoms with Crippen LogP contribution in [-0.2, 0) is 25.8 Å². The van der Waals surface area contributed by atoms with Gasteiger partial charge in [-0.15, -0.1) is 11.8 Å². The Labute approximate surface area is 202 Å². The molecule has 0 aromatic carbocycles. The third-order valence-corrected chi connectivity index (χ3v) is 6.89. The van der Waals surface area contributed by atoms with Crippen molar-refractivity contribution in [2.24, 2.45) is 5.16 Å². The van der Waals surface area contributed by atoms with E-state index in [1.165, 1.54) is 16.7 Å². The molecule has 2 aromatic rings. The molecule has 4 N–H and O–H groups in total. The molecule has 12 nitrogen and oxygen atoms in total. The number of rotatable bonds is 9. The fourth-order valence-corrected chi connectivity index (χ4v) is 5.26. The predicted octanol–water partition coefficient (Wildman–Crippen LogP) is -0.0227. The molecular weight excluding hydrogens is 482 g/mol. The van der Waals surface area contributed by atoms with Gasteiger partial charge in [-0.2, -0.15) is 9.36 Å². The van der Waals surface area contributed by atoms with Crippen LogP contribution in [0.3, 0.4) is 0 Å². The van der Waals surface area contributed by atoms with E-state index in [1.807, 2.05) is 42.1 Å². The summed E-state index contributed by atoms with van der Waals surface area (Å²) >= 11 is 2.28. The number of β-lactam (4-membered cyclic amide) rings is 1. The average Bonchev–Trinajstić information content (AvgIpc) is 3.26. The van der Waals surface area contributed by atoms with E-state index in [4.69, 9.17) is 10.6 Å². The number of fused-ring (bicyclic) bond motifs is 1. The molecule has 34 heavy (non-hydrogen) atoms. The van der Waals surface area contributed by atoms with Crippen LogP contribution in [0.25, 0.3) is 0 Å². The maximum absolute atomic E-state index is 12.9. The quantitative estimate of drug-likeness (QED) is 0.140. The molecule has 2 atom stereocenters. The van der Waals surface area contributed by atoms with Crippen LogP contribution in [0.5, 0.6) is 0 Å². The van der Waals surface area contributed by atoms with Crippen molar-refractivity contribution in [3.63, 3.8) is 0 Å². The topological polar surface area (TPSA) is 164 Å². The van der Waals surface area contributed by atoms with Crippen molar-refractivity contribution < 1.29 is 28.9 Å². The van der Waals surface area contributed by atoms with Gasteiger partial charge in [-0.25, -0.2) is 9.36 Å². The van der Waals surface area contributed by atoms with E-state index < -0.39 is 29.2 Å². The van der Waals surface area contributed by atoms with Gasteiger partial charge in [-0.3, -0.25) is 14.5 Å². The minimum atomic E-state index is -1.19. The second-order valence-corrected chi connectivity index (χ2v) is 9.28. The summed E-state index contributed by atoms with van der Waals surface area (Å²) in [4.78, 5) is 48.3. The summed E-state index contributed by atoms with van der Waals surface area (Å²) < 4.78 is 5.84. The second-order valence-electron chi connectivity index (χ2n) is 7.40. The summed E-state index contributed by atoms with van der Waals surface area (Å²) in [7, 11) is 0. The highest BCUT2D eigenvalue weighted by Gasteiger charge is 2.54. The minimum Gasteiger partial charge on any atom is -0.477 e. The number of nitrogen functional groups attached to an aromatic ring is 1. The zero-order valence-electron chi connectivity index (χ0n) is 18.1. The van der Waals surface area contributed by atoms with Crippen LogP contribution in [0.4, 0.5) is 5.13 Å². The van der Waals surface area contributed by atoms with E-state index in [2.05, 4.69) is 19.8 Å². The van der Waals surface area contributed by atoms with E-state index in [0.717, 1.165) is 11.5 Å². The number of nitrogens with two attached hydrogens (primary N) is 1. The van der Waals surface area contributed by atoms with E-state index in [9.17, 15) is 19.5 Å². The van der Waals surface area contributed by atoms with Crippen LogP contribution in [0, 0.1) is 0 Å². The number of oxime groups is 1. The summed E-state index contributed by atoms with van der Waals surface area (Å²) in [6.07, 6.45) is 4.32. The number of amides is 2. The molecule has 2 amide bonds. The molecule has 1 saturated heterocycles. The van der Waals surface area contributed by atoms with Crippen LogP contribution in [0.2, 0.25) is 0 Å². The van der Waals surface area contributed by atoms with Crippen LogP contribution in [-0.4, -0.2) is 66.6 Å². The number of nitrogens with zero attached hydrogens (tertiary/aromatic N) is 5. The zero-order chi connectivity index (χ0) is 24.2. The molecule has 178 valence electrons. The molecule has 0 aliphatic carbocycles. The first-order valence-electron chi connectivity index (χ1n) is 10.3. The molecule has 0 radical (unpaired) electrons. The molecule has 0 bridgehead atoms. The van der Waals surface area contributed by atoms with Crippen molar-refractivity contribution in [2.75, 3.05) is 18.1 Å². The number of aliphatic carboxylic acids is 1. The standard InChI is InChI=1S/C20H21N7O5S2/c1-2-8-32-24-12(15-23-20(21)34-25-15)16(28)22-13-17(29)27-14(19(30)31)11(10-33-18(13)27)9-26-6-4-3-5-7-26/h3-7,13,18H,2,8-10H2,1H3,(H3-,21,22,23,25,28,30,31)/p+1/b24-12+/t13?,18-/m1/s1. The van der Waals surface area contributed by atoms with Gasteiger partial charge in [0.15, 0.2) is 24.1 Å². The second kappa shape index (κ2) is 10.2. The lowest BCUT2D eigenvalue weighted by atomic mass is 10.0. The first kappa shape index (κ1) is 23.6. The Morgan fingerprint density at radius 2 is 2.15 bits per heavy atom. The van der Waals surface area contributed by atoms with Crippen molar-refractivity contribution in [3.8, 4) is 0 Å². The number of carboxylic acid groups (broad SMARTS) is 1. The van der Waals surface area contributed by atoms with Gasteiger partial charge >= 0.3 is 5.97 Å². The Morgan fingerprint density at radius 1 is 1.38 bits per heavy atom. The number of thioether (sulfide) groups is 1. The SMILES string of the molecule is CCCO/N=C(/C(=O)NC1C(=O)N2C(C(=O)O)=C(C[n+]3ccccc3)CS[C@H]12)c1nsc(N)n1. The van der Waals surface area contributed by atoms with Gasteiger partial charge < -0.3 is 21.0 Å². The summed E-state index contributed by atoms with van der Waals surface area (Å²) in [5.74, 6) is -2.02. The lowest BCUT2D eigenvalue weighted by molar-refractivity contribution is -0.689. The molecule has 2 aliphatic rings. The lowest BCUT2D eigenvalue weighted by Gasteiger charge is -2.49. The van der Waals surface area contributed by atoms with Crippen molar-refractivity contribution >= 4 is 51.9 Å². The van der Waals surface area contributed by atoms with Gasteiger partial charge in [0.25, 0.3) is 11.8 Å². The molecule has 0 spiro atoms. The molecule has 4 rings (SSSR count). The number of hydrogen-bond donors (Lipinski definition) is 3. The Balaban J connectivity index is 1.52. The van der Waals surface area contributed by atoms with E-state index in [-0.39, 0.29) is 29.0 Å². The summed E-state index contributed by atoms with van der Waals surface area (Å²) in [5, 5.41) is 15.9. The van der Waals surface area contributed by atoms with Crippen LogP contribution < -0.4 is 15.6 Å². The Morgan fingerprint density at radius 3 is 2.79 bits per heavy atom. The summed E-state index contributed by atoms with van der Waals surface area (Å²) in [6.45, 7) is 2.50. The number of hydrogen-bond acceptors (Lipinski definition) is 10. The first-order valence-corrected chi connectivity index (χ1v) is 12.2. The molecule has 14 heteroatoms. The maximum atomic E-state index is 12.9. The fraction of sp³-hybridized carbons (Fsp3) is 0.350. The molecule has 1 fully saturated rings. The number of carboxylic acids is 1. The summed E-state index contributed by atoms with van der Waals surface area (Å²) in [5.41, 5.74) is 5.98. The number of carbonyl (C=O) groups is 3. The third-order valence-electron chi connectivity index (χ3n) is 5.01. The molecule has 2 aromatic heterocycles. The van der Waals surface area contributed by atoms with E-state index >= 15 is 0 Å². The van der Waals surface area contributed by atoms with Gasteiger partial charge in [0, 0.05) is 35.0 Å². The van der Waals surface area contributed by atoms with Crippen molar-refractivity contribution in [1.82, 2.24) is 19.6 Å². The lowest BCUT2D eigenvalue weighted by Crippen LogP contribution is -2.71. The zero-order valence-corrected chi connectivity index (χ0v) is 19.7. The number of aromatic nitrogens is 3. The van der Waals surface area contributed by atoms with Crippen molar-refractivity contribution in [2.45, 2.75) is 31.3 Å².